The summed E-state index contributed by atoms with van der Waals surface area (Å²) >= 11 is 0. The van der Waals surface area contributed by atoms with Crippen LogP contribution >= 0.6 is 0 Å². The highest BCUT2D eigenvalue weighted by atomic mass is 19.2. The van der Waals surface area contributed by atoms with Crippen molar-refractivity contribution in [3.63, 3.8) is 0 Å². The van der Waals surface area contributed by atoms with E-state index in [1.54, 1.807) is 13.1 Å². The number of hydrogen-bond donors (Lipinski definition) is 0. The number of ketones is 1. The molecule has 0 saturated heterocycles. The van der Waals surface area contributed by atoms with Gasteiger partial charge >= 0.3 is 0 Å². The molecule has 0 N–H and O–H groups in total. The Balaban J connectivity index is 2.47. The summed E-state index contributed by atoms with van der Waals surface area (Å²) in [5.41, 5.74) is -0.271. The van der Waals surface area contributed by atoms with Crippen LogP contribution in [0.4, 0.5) is 13.2 Å². The van der Waals surface area contributed by atoms with Gasteiger partial charge in [-0.05, 0) is 19.1 Å². The number of aromatic nitrogens is 2. The molecule has 1 aromatic carbocycles. The minimum Gasteiger partial charge on any atom is -0.328 e. The molecular formula is C12H9F3N2O. The van der Waals surface area contributed by atoms with E-state index in [2.05, 4.69) is 4.98 Å². The van der Waals surface area contributed by atoms with Crippen molar-refractivity contribution in [1.29, 1.82) is 0 Å². The first-order chi connectivity index (χ1) is 8.54. The van der Waals surface area contributed by atoms with E-state index in [4.69, 9.17) is 0 Å². The first-order valence-electron chi connectivity index (χ1n) is 5.25. The zero-order chi connectivity index (χ0) is 13.3. The molecule has 3 nitrogen and oxygen atoms in total. The van der Waals surface area contributed by atoms with Crippen molar-refractivity contribution in [2.24, 2.45) is 0 Å². The second-order valence-corrected chi connectivity index (χ2v) is 3.62. The molecule has 0 amide bonds. The summed E-state index contributed by atoms with van der Waals surface area (Å²) in [5.74, 6) is -4.98. The highest BCUT2D eigenvalue weighted by Crippen LogP contribution is 2.16. The summed E-state index contributed by atoms with van der Waals surface area (Å²) in [7, 11) is 0. The number of nitrogens with zero attached hydrogens (tertiary/aromatic N) is 2. The molecule has 0 spiro atoms. The van der Waals surface area contributed by atoms with Gasteiger partial charge in [0.15, 0.2) is 23.3 Å². The summed E-state index contributed by atoms with van der Waals surface area (Å²) in [4.78, 5) is 15.8. The van der Waals surface area contributed by atoms with Crippen LogP contribution in [0.5, 0.6) is 0 Å². The van der Waals surface area contributed by atoms with Gasteiger partial charge in [-0.2, -0.15) is 0 Å². The van der Waals surface area contributed by atoms with E-state index < -0.39 is 23.2 Å². The summed E-state index contributed by atoms with van der Waals surface area (Å²) in [5, 5.41) is 0. The number of halogens is 3. The van der Waals surface area contributed by atoms with Crippen molar-refractivity contribution in [1.82, 2.24) is 9.55 Å². The maximum atomic E-state index is 13.0. The third-order valence-corrected chi connectivity index (χ3v) is 2.51. The normalized spacial score (nSPS) is 10.7. The van der Waals surface area contributed by atoms with Gasteiger partial charge in [0.1, 0.15) is 0 Å². The second-order valence-electron chi connectivity index (χ2n) is 3.62. The van der Waals surface area contributed by atoms with E-state index in [1.807, 2.05) is 0 Å². The zero-order valence-corrected chi connectivity index (χ0v) is 9.45. The molecule has 0 aliphatic carbocycles. The first-order valence-corrected chi connectivity index (χ1v) is 5.25. The molecule has 0 radical (unpaired) electrons. The Hall–Kier alpha value is -2.11. The number of rotatable bonds is 3. The van der Waals surface area contributed by atoms with Gasteiger partial charge in [0, 0.05) is 24.5 Å². The molecule has 2 rings (SSSR count). The topological polar surface area (TPSA) is 34.9 Å². The highest BCUT2D eigenvalue weighted by Gasteiger charge is 2.19. The fourth-order valence-electron chi connectivity index (χ4n) is 1.59. The first kappa shape index (κ1) is 12.3. The molecule has 2 aromatic rings. The van der Waals surface area contributed by atoms with Gasteiger partial charge in [0.2, 0.25) is 5.78 Å². The number of hydrogen-bond acceptors (Lipinski definition) is 2. The van der Waals surface area contributed by atoms with E-state index in [9.17, 15) is 18.0 Å². The van der Waals surface area contributed by atoms with Crippen LogP contribution in [0, 0.1) is 17.5 Å². The van der Waals surface area contributed by atoms with Crippen molar-refractivity contribution in [2.75, 3.05) is 0 Å². The summed E-state index contributed by atoms with van der Waals surface area (Å²) in [6.07, 6.45) is 2.98. The monoisotopic (exact) mass is 254 g/mol. The van der Waals surface area contributed by atoms with Crippen LogP contribution in [0.15, 0.2) is 24.5 Å². The lowest BCUT2D eigenvalue weighted by Crippen LogP contribution is -2.11. The number of aryl methyl sites for hydroxylation is 1. The third-order valence-electron chi connectivity index (χ3n) is 2.51. The summed E-state index contributed by atoms with van der Waals surface area (Å²) in [6.45, 7) is 2.29. The molecule has 1 heterocycles. The van der Waals surface area contributed by atoms with Crippen LogP contribution in [-0.4, -0.2) is 15.3 Å². The third kappa shape index (κ3) is 2.01. The lowest BCUT2D eigenvalue weighted by atomic mass is 10.1. The van der Waals surface area contributed by atoms with Crippen LogP contribution in [0.25, 0.3) is 0 Å². The van der Waals surface area contributed by atoms with Gasteiger partial charge in [0.05, 0.1) is 0 Å². The van der Waals surface area contributed by atoms with Gasteiger partial charge in [0.25, 0.3) is 0 Å². The zero-order valence-electron chi connectivity index (χ0n) is 9.45. The van der Waals surface area contributed by atoms with Crippen molar-refractivity contribution in [2.45, 2.75) is 13.5 Å². The van der Waals surface area contributed by atoms with E-state index >= 15 is 0 Å². The number of carbonyl (C=O) groups is 1. The minimum absolute atomic E-state index is 0.0582. The SMILES string of the molecule is CCn1ccnc1C(=O)c1cc(F)c(F)c(F)c1. The Morgan fingerprint density at radius 3 is 2.44 bits per heavy atom. The minimum atomic E-state index is -1.59. The Kier molecular flexibility index (Phi) is 3.18. The largest absolute Gasteiger partial charge is 0.328 e. The molecular weight excluding hydrogens is 245 g/mol. The Labute approximate surface area is 101 Å². The fourth-order valence-corrected chi connectivity index (χ4v) is 1.59. The molecule has 0 unspecified atom stereocenters. The average molecular weight is 254 g/mol. The van der Waals surface area contributed by atoms with Gasteiger partial charge in [-0.3, -0.25) is 4.79 Å². The predicted octanol–water partition coefficient (Wildman–Crippen LogP) is 2.55. The maximum absolute atomic E-state index is 13.0. The van der Waals surface area contributed by atoms with E-state index in [1.165, 1.54) is 10.8 Å². The predicted molar refractivity (Wildman–Crippen MR) is 57.6 cm³/mol. The van der Waals surface area contributed by atoms with Gasteiger partial charge < -0.3 is 4.57 Å². The Morgan fingerprint density at radius 2 is 1.89 bits per heavy atom. The lowest BCUT2D eigenvalue weighted by Gasteiger charge is -2.04. The van der Waals surface area contributed by atoms with Gasteiger partial charge in [-0.25, -0.2) is 18.2 Å². The van der Waals surface area contributed by atoms with Crippen molar-refractivity contribution >= 4 is 5.78 Å². The lowest BCUT2D eigenvalue weighted by molar-refractivity contribution is 0.102. The van der Waals surface area contributed by atoms with Gasteiger partial charge in [-0.15, -0.1) is 0 Å². The van der Waals surface area contributed by atoms with E-state index in [0.29, 0.717) is 18.7 Å². The second kappa shape index (κ2) is 4.64. The quantitative estimate of drug-likeness (QED) is 0.623. The standard InChI is InChI=1S/C12H9F3N2O/c1-2-17-4-3-16-12(17)11(18)7-5-8(13)10(15)9(14)6-7/h3-6H,2H2,1H3. The van der Waals surface area contributed by atoms with Crippen molar-refractivity contribution < 1.29 is 18.0 Å². The average Bonchev–Trinajstić information content (AvgIpc) is 2.82. The number of benzene rings is 1. The van der Waals surface area contributed by atoms with Crippen LogP contribution < -0.4 is 0 Å². The molecule has 0 saturated carbocycles. The van der Waals surface area contributed by atoms with E-state index in [0.717, 1.165) is 0 Å². The maximum Gasteiger partial charge on any atom is 0.228 e. The van der Waals surface area contributed by atoms with Crippen LogP contribution in [-0.2, 0) is 6.54 Å². The van der Waals surface area contributed by atoms with Crippen LogP contribution in [0.1, 0.15) is 23.1 Å². The molecule has 0 atom stereocenters. The van der Waals surface area contributed by atoms with Crippen LogP contribution in [0.2, 0.25) is 0 Å². The molecule has 0 aliphatic heterocycles. The molecule has 0 aliphatic rings. The van der Waals surface area contributed by atoms with E-state index in [-0.39, 0.29) is 11.4 Å². The molecule has 94 valence electrons. The molecule has 6 heteroatoms. The summed E-state index contributed by atoms with van der Waals surface area (Å²) < 4.78 is 40.4. The molecule has 0 fully saturated rings. The highest BCUT2D eigenvalue weighted by molar-refractivity contribution is 6.06. The van der Waals surface area contributed by atoms with Crippen molar-refractivity contribution in [3.05, 3.63) is 53.4 Å². The Morgan fingerprint density at radius 1 is 1.28 bits per heavy atom. The van der Waals surface area contributed by atoms with Crippen molar-refractivity contribution in [3.8, 4) is 0 Å². The summed E-state index contributed by atoms with van der Waals surface area (Å²) in [6, 6.07) is 1.32. The number of carbonyl (C=O) groups excluding carboxylic acids is 1. The molecule has 0 bridgehead atoms. The number of imidazole rings is 1. The van der Waals surface area contributed by atoms with Crippen LogP contribution in [0.3, 0.4) is 0 Å². The Bertz CT molecular complexity index is 584. The van der Waals surface area contributed by atoms with Gasteiger partial charge in [-0.1, -0.05) is 0 Å². The molecule has 1 aromatic heterocycles. The fraction of sp³-hybridized carbons (Fsp3) is 0.167. The smallest absolute Gasteiger partial charge is 0.228 e. The molecule has 18 heavy (non-hydrogen) atoms.